The number of hydrogen-bond acceptors (Lipinski definition) is 0. The van der Waals surface area contributed by atoms with E-state index in [1.165, 1.54) is 0 Å². The summed E-state index contributed by atoms with van der Waals surface area (Å²) in [5, 5.41) is 0. The van der Waals surface area contributed by atoms with Crippen molar-refractivity contribution in [3.63, 3.8) is 0 Å². The number of allylic oxidation sites excluding steroid dienone is 1. The van der Waals surface area contributed by atoms with Crippen molar-refractivity contribution in [2.24, 2.45) is 0 Å². The van der Waals surface area contributed by atoms with E-state index < -0.39 is 14.0 Å². The number of alkyl halides is 3. The van der Waals surface area contributed by atoms with Crippen LogP contribution in [0.3, 0.4) is 0 Å². The van der Waals surface area contributed by atoms with E-state index in [4.69, 9.17) is 0 Å². The van der Waals surface area contributed by atoms with Crippen LogP contribution in [0, 0.1) is 0 Å². The Morgan fingerprint density at radius 3 is 2.45 bits per heavy atom. The van der Waals surface area contributed by atoms with Crippen molar-refractivity contribution in [2.45, 2.75) is 49.9 Å². The van der Waals surface area contributed by atoms with Gasteiger partial charge in [0.15, 0.2) is 0 Å². The van der Waals surface area contributed by atoms with Gasteiger partial charge in [0.25, 0.3) is 0 Å². The molecule has 1 aromatic rings. The van der Waals surface area contributed by atoms with E-state index in [0.29, 0.717) is 16.2 Å². The van der Waals surface area contributed by atoms with Crippen LogP contribution >= 0.6 is 23.3 Å². The van der Waals surface area contributed by atoms with Crippen LogP contribution in [0.15, 0.2) is 28.0 Å². The number of unbranched alkanes of at least 4 members (excludes halogenated alkanes) is 1. The van der Waals surface area contributed by atoms with E-state index in [1.54, 1.807) is 12.1 Å². The Balaban J connectivity index is 2.52. The summed E-state index contributed by atoms with van der Waals surface area (Å²) in [7, 11) is -3.04. The first-order chi connectivity index (χ1) is 9.34. The normalized spacial score (nSPS) is 25.0. The van der Waals surface area contributed by atoms with Gasteiger partial charge in [0.05, 0.1) is 0 Å². The Kier molecular flexibility index (Phi) is 4.59. The Labute approximate surface area is 127 Å². The number of aryl methyl sites for hydroxylation is 1. The SMILES string of the molecule is CCCCC1=Cc2cc(CC)ccc2S1(Br)C(F)(F)F. The third-order valence-electron chi connectivity index (χ3n) is 3.56. The van der Waals surface area contributed by atoms with Crippen LogP contribution in [-0.2, 0) is 6.42 Å². The lowest BCUT2D eigenvalue weighted by molar-refractivity contribution is -0.0355. The molecular weight excluding hydrogens is 349 g/mol. The molecule has 0 aliphatic carbocycles. The highest BCUT2D eigenvalue weighted by molar-refractivity contribution is 9.59. The summed E-state index contributed by atoms with van der Waals surface area (Å²) in [5.41, 5.74) is -2.43. The molecule has 0 saturated heterocycles. The lowest BCUT2D eigenvalue weighted by atomic mass is 10.1. The number of fused-ring (bicyclic) bond motifs is 1. The van der Waals surface area contributed by atoms with Crippen molar-refractivity contribution in [3.8, 4) is 0 Å². The van der Waals surface area contributed by atoms with Gasteiger partial charge in [-0.3, -0.25) is 0 Å². The standard InChI is InChI=1S/C15H18BrF3S/c1-3-5-6-13-10-12-9-11(4-2)7-8-14(12)20(13,16)15(17,18)19/h7-10H,3-6H2,1-2H3. The molecule has 0 spiro atoms. The molecule has 1 atom stereocenters. The van der Waals surface area contributed by atoms with Gasteiger partial charge in [-0.05, 0) is 70.7 Å². The minimum Gasteiger partial charge on any atom is -0.160 e. The van der Waals surface area contributed by atoms with Gasteiger partial charge in [0.2, 0.25) is 0 Å². The Morgan fingerprint density at radius 1 is 1.20 bits per heavy atom. The summed E-state index contributed by atoms with van der Waals surface area (Å²) in [6.45, 7) is 4.01. The van der Waals surface area contributed by atoms with E-state index in [-0.39, 0.29) is 0 Å². The first-order valence-electron chi connectivity index (χ1n) is 6.77. The predicted octanol–water partition coefficient (Wildman–Crippen LogP) is 6.79. The average molecular weight is 367 g/mol. The van der Waals surface area contributed by atoms with Crippen LogP contribution in [0.4, 0.5) is 13.2 Å². The Hall–Kier alpha value is -0.420. The van der Waals surface area contributed by atoms with Crippen LogP contribution in [0.2, 0.25) is 0 Å². The lowest BCUT2D eigenvalue weighted by Crippen LogP contribution is -2.16. The zero-order chi connectivity index (χ0) is 15.0. The monoisotopic (exact) mass is 366 g/mol. The molecule has 0 nitrogen and oxygen atoms in total. The second-order valence-corrected chi connectivity index (χ2v) is 10.3. The van der Waals surface area contributed by atoms with Gasteiger partial charge >= 0.3 is 5.51 Å². The fourth-order valence-electron chi connectivity index (χ4n) is 2.42. The molecule has 0 N–H and O–H groups in total. The molecule has 1 unspecified atom stereocenters. The van der Waals surface area contributed by atoms with Crippen molar-refractivity contribution in [3.05, 3.63) is 34.2 Å². The molecule has 1 aliphatic rings. The largest absolute Gasteiger partial charge is 0.442 e. The maximum Gasteiger partial charge on any atom is 0.442 e. The smallest absolute Gasteiger partial charge is 0.160 e. The molecule has 0 saturated carbocycles. The second-order valence-electron chi connectivity index (χ2n) is 4.92. The Morgan fingerprint density at radius 2 is 1.90 bits per heavy atom. The molecule has 2 rings (SSSR count). The molecule has 0 radical (unpaired) electrons. The summed E-state index contributed by atoms with van der Waals surface area (Å²) in [6.07, 6.45) is 4.78. The third kappa shape index (κ3) is 2.54. The zero-order valence-corrected chi connectivity index (χ0v) is 14.0. The third-order valence-corrected chi connectivity index (χ3v) is 9.61. The average Bonchev–Trinajstić information content (AvgIpc) is 2.69. The lowest BCUT2D eigenvalue weighted by Gasteiger charge is -2.35. The van der Waals surface area contributed by atoms with Gasteiger partial charge in [-0.2, -0.15) is 13.2 Å². The van der Waals surface area contributed by atoms with Crippen molar-refractivity contribution in [1.82, 2.24) is 0 Å². The van der Waals surface area contributed by atoms with Gasteiger partial charge in [-0.1, -0.05) is 32.4 Å². The summed E-state index contributed by atoms with van der Waals surface area (Å²) in [6, 6.07) is 5.36. The number of rotatable bonds is 4. The van der Waals surface area contributed by atoms with Gasteiger partial charge in [-0.25, -0.2) is 0 Å². The van der Waals surface area contributed by atoms with Crippen molar-refractivity contribution in [2.75, 3.05) is 0 Å². The first kappa shape index (κ1) is 16.0. The van der Waals surface area contributed by atoms with Gasteiger partial charge < -0.3 is 0 Å². The highest BCUT2D eigenvalue weighted by atomic mass is 79.9. The zero-order valence-electron chi connectivity index (χ0n) is 11.6. The van der Waals surface area contributed by atoms with Gasteiger partial charge in [-0.15, -0.1) is 0 Å². The number of halogens is 4. The van der Waals surface area contributed by atoms with Crippen LogP contribution < -0.4 is 0 Å². The highest BCUT2D eigenvalue weighted by Gasteiger charge is 2.54. The second kappa shape index (κ2) is 5.76. The van der Waals surface area contributed by atoms with Gasteiger partial charge in [0, 0.05) is 4.90 Å². The molecule has 1 aliphatic heterocycles. The van der Waals surface area contributed by atoms with Gasteiger partial charge in [0.1, 0.15) is 0 Å². The van der Waals surface area contributed by atoms with Crippen molar-refractivity contribution < 1.29 is 13.2 Å². The Bertz CT molecular complexity index is 536. The van der Waals surface area contributed by atoms with E-state index >= 15 is 0 Å². The summed E-state index contributed by atoms with van der Waals surface area (Å²) >= 11 is 3.10. The number of hydrogen-bond donors (Lipinski definition) is 0. The predicted molar refractivity (Wildman–Crippen MR) is 84.2 cm³/mol. The molecule has 0 bridgehead atoms. The molecular formula is C15H18BrF3S. The summed E-state index contributed by atoms with van der Waals surface area (Å²) in [5.74, 6) is 0. The molecule has 0 fully saturated rings. The minimum absolute atomic E-state index is 0.410. The van der Waals surface area contributed by atoms with Crippen molar-refractivity contribution in [1.29, 1.82) is 0 Å². The van der Waals surface area contributed by atoms with E-state index in [2.05, 4.69) is 14.8 Å². The van der Waals surface area contributed by atoms with Crippen molar-refractivity contribution >= 4 is 29.4 Å². The van der Waals surface area contributed by atoms with E-state index in [9.17, 15) is 13.2 Å². The maximum absolute atomic E-state index is 13.6. The summed E-state index contributed by atoms with van der Waals surface area (Å²) < 4.78 is 40.9. The van der Waals surface area contributed by atoms with Crippen LogP contribution in [0.1, 0.15) is 44.2 Å². The maximum atomic E-state index is 13.6. The van der Waals surface area contributed by atoms with E-state index in [1.807, 2.05) is 26.0 Å². The number of benzene rings is 1. The molecule has 1 heterocycles. The highest BCUT2D eigenvalue weighted by Crippen LogP contribution is 2.81. The molecule has 0 amide bonds. The summed E-state index contributed by atoms with van der Waals surface area (Å²) in [4.78, 5) is 0.920. The molecule has 1 aromatic carbocycles. The molecule has 5 heteroatoms. The van der Waals surface area contributed by atoms with Crippen LogP contribution in [0.5, 0.6) is 0 Å². The quantitative estimate of drug-likeness (QED) is 0.550. The first-order valence-corrected chi connectivity index (χ1v) is 10.2. The van der Waals surface area contributed by atoms with Crippen LogP contribution in [0.25, 0.3) is 6.08 Å². The topological polar surface area (TPSA) is 0 Å². The molecule has 0 aromatic heterocycles. The van der Waals surface area contributed by atoms with Crippen LogP contribution in [-0.4, -0.2) is 5.51 Å². The molecule has 112 valence electrons. The fourth-order valence-corrected chi connectivity index (χ4v) is 6.31. The molecule has 20 heavy (non-hydrogen) atoms. The fraction of sp³-hybridized carbons (Fsp3) is 0.467. The minimum atomic E-state index is -4.24. The van der Waals surface area contributed by atoms with E-state index in [0.717, 1.165) is 30.4 Å².